The minimum Gasteiger partial charge on any atom is -0.493 e. The van der Waals surface area contributed by atoms with Gasteiger partial charge in [0.05, 0.1) is 25.2 Å². The monoisotopic (exact) mass is 381 g/mol. The van der Waals surface area contributed by atoms with E-state index in [1.54, 1.807) is 48.9 Å². The van der Waals surface area contributed by atoms with Crippen LogP contribution in [0, 0.1) is 0 Å². The van der Waals surface area contributed by atoms with E-state index < -0.39 is 10.0 Å². The number of benzene rings is 2. The second kappa shape index (κ2) is 7.23. The van der Waals surface area contributed by atoms with Gasteiger partial charge in [0.2, 0.25) is 10.0 Å². The van der Waals surface area contributed by atoms with E-state index in [9.17, 15) is 8.42 Å². The van der Waals surface area contributed by atoms with Crippen molar-refractivity contribution in [2.75, 3.05) is 20.8 Å². The molecule has 0 radical (unpaired) electrons. The van der Waals surface area contributed by atoms with E-state index in [1.807, 2.05) is 12.1 Å². The molecule has 134 valence electrons. The van der Waals surface area contributed by atoms with Crippen molar-refractivity contribution in [2.24, 2.45) is 0 Å². The molecule has 1 aliphatic rings. The summed E-state index contributed by atoms with van der Waals surface area (Å²) >= 11 is 5.87. The number of hydrogen-bond acceptors (Lipinski definition) is 4. The van der Waals surface area contributed by atoms with Crippen LogP contribution in [0.5, 0.6) is 11.5 Å². The van der Waals surface area contributed by atoms with Crippen molar-refractivity contribution in [3.05, 3.63) is 53.1 Å². The summed E-state index contributed by atoms with van der Waals surface area (Å²) in [6.45, 7) is 0.490. The van der Waals surface area contributed by atoms with E-state index in [0.717, 1.165) is 18.4 Å². The van der Waals surface area contributed by atoms with Crippen molar-refractivity contribution in [1.82, 2.24) is 4.31 Å². The molecule has 7 heteroatoms. The molecule has 1 unspecified atom stereocenters. The van der Waals surface area contributed by atoms with Gasteiger partial charge in [0.1, 0.15) is 0 Å². The van der Waals surface area contributed by atoms with Gasteiger partial charge in [-0.15, -0.1) is 0 Å². The SMILES string of the molecule is COc1ccc(C2CCCN2S(=O)(=O)c2ccc(Cl)cc2)cc1OC. The first kappa shape index (κ1) is 18.0. The highest BCUT2D eigenvalue weighted by Gasteiger charge is 2.36. The Morgan fingerprint density at radius 3 is 2.36 bits per heavy atom. The molecule has 5 nitrogen and oxygen atoms in total. The van der Waals surface area contributed by atoms with Crippen LogP contribution in [0.1, 0.15) is 24.4 Å². The number of hydrogen-bond donors (Lipinski definition) is 0. The molecule has 1 atom stereocenters. The Labute approximate surface area is 153 Å². The molecule has 0 aromatic heterocycles. The maximum absolute atomic E-state index is 13.0. The molecule has 25 heavy (non-hydrogen) atoms. The average Bonchev–Trinajstić information content (AvgIpc) is 3.12. The Hall–Kier alpha value is -1.76. The Morgan fingerprint density at radius 2 is 1.72 bits per heavy atom. The molecule has 3 rings (SSSR count). The van der Waals surface area contributed by atoms with Gasteiger partial charge >= 0.3 is 0 Å². The number of halogens is 1. The van der Waals surface area contributed by atoms with Crippen molar-refractivity contribution in [3.63, 3.8) is 0 Å². The van der Waals surface area contributed by atoms with Gasteiger partial charge in [-0.3, -0.25) is 0 Å². The van der Waals surface area contributed by atoms with Gasteiger partial charge < -0.3 is 9.47 Å². The fourth-order valence-electron chi connectivity index (χ4n) is 3.16. The molecule has 1 aliphatic heterocycles. The second-order valence-corrected chi connectivity index (χ2v) is 8.17. The number of nitrogens with zero attached hydrogens (tertiary/aromatic N) is 1. The predicted octanol–water partition coefficient (Wildman–Crippen LogP) is 3.88. The summed E-state index contributed by atoms with van der Waals surface area (Å²) in [4.78, 5) is 0.254. The van der Waals surface area contributed by atoms with Gasteiger partial charge in [0, 0.05) is 11.6 Å². The minimum absolute atomic E-state index is 0.222. The van der Waals surface area contributed by atoms with Crippen LogP contribution in [-0.4, -0.2) is 33.5 Å². The zero-order chi connectivity index (χ0) is 18.0. The number of methoxy groups -OCH3 is 2. The summed E-state index contributed by atoms with van der Waals surface area (Å²) in [5, 5.41) is 0.511. The third kappa shape index (κ3) is 3.47. The van der Waals surface area contributed by atoms with Crippen molar-refractivity contribution in [3.8, 4) is 11.5 Å². The molecule has 0 saturated carbocycles. The molecule has 1 saturated heterocycles. The smallest absolute Gasteiger partial charge is 0.243 e. The first-order valence-electron chi connectivity index (χ1n) is 7.96. The summed E-state index contributed by atoms with van der Waals surface area (Å²) < 4.78 is 38.2. The highest BCUT2D eigenvalue weighted by Crippen LogP contribution is 2.39. The van der Waals surface area contributed by atoms with E-state index in [1.165, 1.54) is 0 Å². The van der Waals surface area contributed by atoms with Crippen LogP contribution < -0.4 is 9.47 Å². The second-order valence-electron chi connectivity index (χ2n) is 5.84. The van der Waals surface area contributed by atoms with Gasteiger partial charge in [-0.05, 0) is 54.8 Å². The van der Waals surface area contributed by atoms with E-state index in [4.69, 9.17) is 21.1 Å². The van der Waals surface area contributed by atoms with Crippen molar-refractivity contribution >= 4 is 21.6 Å². The number of sulfonamides is 1. The average molecular weight is 382 g/mol. The highest BCUT2D eigenvalue weighted by atomic mass is 35.5. The molecule has 2 aromatic rings. The third-order valence-corrected chi connectivity index (χ3v) is 6.59. The lowest BCUT2D eigenvalue weighted by Gasteiger charge is -2.25. The summed E-state index contributed by atoms with van der Waals surface area (Å²) in [5.41, 5.74) is 0.896. The quantitative estimate of drug-likeness (QED) is 0.788. The summed E-state index contributed by atoms with van der Waals surface area (Å²) in [7, 11) is -0.444. The van der Waals surface area contributed by atoms with E-state index >= 15 is 0 Å². The van der Waals surface area contributed by atoms with Crippen LogP contribution >= 0.6 is 11.6 Å². The van der Waals surface area contributed by atoms with Crippen LogP contribution in [0.3, 0.4) is 0 Å². The van der Waals surface area contributed by atoms with Crippen LogP contribution in [0.25, 0.3) is 0 Å². The summed E-state index contributed by atoms with van der Waals surface area (Å²) in [6.07, 6.45) is 1.58. The zero-order valence-corrected chi connectivity index (χ0v) is 15.7. The fraction of sp³-hybridized carbons (Fsp3) is 0.333. The molecular weight excluding hydrogens is 362 g/mol. The maximum atomic E-state index is 13.0. The summed E-state index contributed by atoms with van der Waals surface area (Å²) in [6, 6.07) is 11.6. The molecule has 0 spiro atoms. The van der Waals surface area contributed by atoms with Crippen LogP contribution in [0.4, 0.5) is 0 Å². The van der Waals surface area contributed by atoms with Crippen LogP contribution in [0.2, 0.25) is 5.02 Å². The van der Waals surface area contributed by atoms with Crippen LogP contribution in [0.15, 0.2) is 47.4 Å². The molecule has 0 bridgehead atoms. The van der Waals surface area contributed by atoms with Crippen molar-refractivity contribution in [1.29, 1.82) is 0 Å². The Morgan fingerprint density at radius 1 is 1.04 bits per heavy atom. The Kier molecular flexibility index (Phi) is 5.22. The Balaban J connectivity index is 1.96. The Bertz CT molecular complexity index is 852. The van der Waals surface area contributed by atoms with Crippen LogP contribution in [-0.2, 0) is 10.0 Å². The third-order valence-electron chi connectivity index (χ3n) is 4.42. The normalized spacial score (nSPS) is 18.3. The zero-order valence-electron chi connectivity index (χ0n) is 14.1. The molecule has 1 fully saturated rings. The first-order chi connectivity index (χ1) is 12.0. The van der Waals surface area contributed by atoms with E-state index in [0.29, 0.717) is 23.1 Å². The lowest BCUT2D eigenvalue weighted by Crippen LogP contribution is -2.30. The van der Waals surface area contributed by atoms with E-state index in [-0.39, 0.29) is 10.9 Å². The number of ether oxygens (including phenoxy) is 2. The molecule has 0 aliphatic carbocycles. The lowest BCUT2D eigenvalue weighted by atomic mass is 10.0. The number of rotatable bonds is 5. The fourth-order valence-corrected chi connectivity index (χ4v) is 4.97. The van der Waals surface area contributed by atoms with Crippen molar-refractivity contribution in [2.45, 2.75) is 23.8 Å². The van der Waals surface area contributed by atoms with Gasteiger partial charge in [-0.25, -0.2) is 8.42 Å². The van der Waals surface area contributed by atoms with Gasteiger partial charge in [0.15, 0.2) is 11.5 Å². The topological polar surface area (TPSA) is 55.8 Å². The standard InChI is InChI=1S/C18H20ClNO4S/c1-23-17-10-5-13(12-18(17)24-2)16-4-3-11-20(16)25(21,22)15-8-6-14(19)7-9-15/h5-10,12,16H,3-4,11H2,1-2H3. The predicted molar refractivity (Wildman–Crippen MR) is 96.9 cm³/mol. The summed E-state index contributed by atoms with van der Waals surface area (Å²) in [5.74, 6) is 1.21. The van der Waals surface area contributed by atoms with Gasteiger partial charge in [0.25, 0.3) is 0 Å². The molecule has 2 aromatic carbocycles. The highest BCUT2D eigenvalue weighted by molar-refractivity contribution is 7.89. The largest absolute Gasteiger partial charge is 0.493 e. The molecule has 1 heterocycles. The van der Waals surface area contributed by atoms with E-state index in [2.05, 4.69) is 0 Å². The van der Waals surface area contributed by atoms with Crippen molar-refractivity contribution < 1.29 is 17.9 Å². The first-order valence-corrected chi connectivity index (χ1v) is 9.78. The van der Waals surface area contributed by atoms with Gasteiger partial charge in [-0.2, -0.15) is 4.31 Å². The molecular formula is C18H20ClNO4S. The maximum Gasteiger partial charge on any atom is 0.243 e. The molecule has 0 N–H and O–H groups in total. The molecule has 0 amide bonds. The van der Waals surface area contributed by atoms with Gasteiger partial charge in [-0.1, -0.05) is 17.7 Å². The minimum atomic E-state index is -3.59. The lowest BCUT2D eigenvalue weighted by molar-refractivity contribution is 0.351.